The number of amides is 2. The van der Waals surface area contributed by atoms with Crippen LogP contribution in [0.1, 0.15) is 16.7 Å². The molecule has 0 aliphatic heterocycles. The van der Waals surface area contributed by atoms with Crippen molar-refractivity contribution in [3.8, 4) is 0 Å². The molecule has 0 radical (unpaired) electrons. The van der Waals surface area contributed by atoms with E-state index in [1.54, 1.807) is 6.07 Å². The van der Waals surface area contributed by atoms with E-state index in [1.807, 2.05) is 54.6 Å². The highest BCUT2D eigenvalue weighted by Gasteiger charge is 2.30. The molecule has 0 unspecified atom stereocenters. The van der Waals surface area contributed by atoms with E-state index in [0.717, 1.165) is 15.6 Å². The molecule has 0 saturated carbocycles. The van der Waals surface area contributed by atoms with Crippen LogP contribution in [0.3, 0.4) is 0 Å². The average Bonchev–Trinajstić information content (AvgIpc) is 2.80. The number of halogens is 3. The molecule has 7 heteroatoms. The molecule has 2 amide bonds. The average molecular weight is 518 g/mol. The fourth-order valence-electron chi connectivity index (χ4n) is 3.46. The first-order chi connectivity index (χ1) is 15.4. The monoisotopic (exact) mass is 516 g/mol. The van der Waals surface area contributed by atoms with E-state index in [0.29, 0.717) is 6.42 Å². The molecule has 0 heterocycles. The Morgan fingerprint density at radius 3 is 2.31 bits per heavy atom. The third-order valence-corrected chi connectivity index (χ3v) is 6.06. The molecule has 4 nitrogen and oxygen atoms in total. The summed E-state index contributed by atoms with van der Waals surface area (Å²) in [6.07, 6.45) is 0.0815. The van der Waals surface area contributed by atoms with E-state index in [-0.39, 0.29) is 35.4 Å². The SMILES string of the molecule is CNC(=O)[C@H](Cc1ccccc1)N(Cc1ccc(Br)cc1)C(=O)Cc1c(F)cccc1Cl. The third-order valence-electron chi connectivity index (χ3n) is 5.17. The van der Waals surface area contributed by atoms with Gasteiger partial charge < -0.3 is 10.2 Å². The Labute approximate surface area is 200 Å². The Morgan fingerprint density at radius 1 is 1.00 bits per heavy atom. The number of nitrogens with one attached hydrogen (secondary N) is 1. The van der Waals surface area contributed by atoms with Crippen molar-refractivity contribution in [3.05, 3.63) is 105 Å². The van der Waals surface area contributed by atoms with E-state index in [4.69, 9.17) is 11.6 Å². The molecule has 1 atom stereocenters. The normalized spacial score (nSPS) is 11.6. The van der Waals surface area contributed by atoms with E-state index in [2.05, 4.69) is 21.2 Å². The van der Waals surface area contributed by atoms with Crippen LogP contribution in [0.5, 0.6) is 0 Å². The summed E-state index contributed by atoms with van der Waals surface area (Å²) in [5, 5.41) is 2.84. The second-order valence-electron chi connectivity index (χ2n) is 7.34. The smallest absolute Gasteiger partial charge is 0.242 e. The largest absolute Gasteiger partial charge is 0.357 e. The van der Waals surface area contributed by atoms with Gasteiger partial charge in [-0.3, -0.25) is 9.59 Å². The lowest BCUT2D eigenvalue weighted by Crippen LogP contribution is -2.50. The molecule has 0 aliphatic rings. The quantitative estimate of drug-likeness (QED) is 0.448. The molecule has 3 aromatic carbocycles. The number of rotatable bonds is 8. The van der Waals surface area contributed by atoms with E-state index >= 15 is 0 Å². The van der Waals surface area contributed by atoms with Gasteiger partial charge in [0.1, 0.15) is 11.9 Å². The van der Waals surface area contributed by atoms with Gasteiger partial charge in [-0.2, -0.15) is 0 Å². The van der Waals surface area contributed by atoms with Gasteiger partial charge in [-0.15, -0.1) is 0 Å². The molecule has 0 aliphatic carbocycles. The van der Waals surface area contributed by atoms with Gasteiger partial charge in [0.15, 0.2) is 0 Å². The van der Waals surface area contributed by atoms with Crippen LogP contribution in [0.2, 0.25) is 5.02 Å². The summed E-state index contributed by atoms with van der Waals surface area (Å²) in [7, 11) is 1.54. The van der Waals surface area contributed by atoms with Crippen LogP contribution >= 0.6 is 27.5 Å². The molecule has 1 N–H and O–H groups in total. The zero-order chi connectivity index (χ0) is 23.1. The molecule has 3 rings (SSSR count). The van der Waals surface area contributed by atoms with E-state index < -0.39 is 11.9 Å². The van der Waals surface area contributed by atoms with Crippen molar-refractivity contribution in [2.75, 3.05) is 7.05 Å². The fourth-order valence-corrected chi connectivity index (χ4v) is 3.96. The van der Waals surface area contributed by atoms with Crippen molar-refractivity contribution in [3.63, 3.8) is 0 Å². The summed E-state index contributed by atoms with van der Waals surface area (Å²) in [4.78, 5) is 27.8. The summed E-state index contributed by atoms with van der Waals surface area (Å²) in [5.41, 5.74) is 1.89. The van der Waals surface area contributed by atoms with Crippen LogP contribution in [-0.4, -0.2) is 29.8 Å². The maximum absolute atomic E-state index is 14.4. The maximum Gasteiger partial charge on any atom is 0.242 e. The van der Waals surface area contributed by atoms with Crippen LogP contribution in [0, 0.1) is 5.82 Å². The summed E-state index contributed by atoms with van der Waals surface area (Å²) >= 11 is 9.57. The highest BCUT2D eigenvalue weighted by Crippen LogP contribution is 2.23. The van der Waals surface area contributed by atoms with Crippen LogP contribution in [0.15, 0.2) is 77.3 Å². The van der Waals surface area contributed by atoms with Crippen molar-refractivity contribution in [1.82, 2.24) is 10.2 Å². The van der Waals surface area contributed by atoms with Gasteiger partial charge in [0.25, 0.3) is 0 Å². The Balaban J connectivity index is 1.97. The number of hydrogen-bond donors (Lipinski definition) is 1. The first kappa shape index (κ1) is 24.0. The summed E-state index contributed by atoms with van der Waals surface area (Å²) in [6.45, 7) is 0.198. The van der Waals surface area contributed by atoms with Crippen LogP contribution in [0.25, 0.3) is 0 Å². The molecule has 166 valence electrons. The van der Waals surface area contributed by atoms with Gasteiger partial charge in [-0.25, -0.2) is 4.39 Å². The number of likely N-dealkylation sites (N-methyl/N-ethyl adjacent to an activating group) is 1. The Kier molecular flexibility index (Phi) is 8.42. The molecular formula is C25H23BrClFN2O2. The number of benzene rings is 3. The summed E-state index contributed by atoms with van der Waals surface area (Å²) in [5.74, 6) is -1.22. The topological polar surface area (TPSA) is 49.4 Å². The highest BCUT2D eigenvalue weighted by atomic mass is 79.9. The Hall–Kier alpha value is -2.70. The third kappa shape index (κ3) is 6.17. The first-order valence-electron chi connectivity index (χ1n) is 10.1. The van der Waals surface area contributed by atoms with Crippen molar-refractivity contribution in [2.24, 2.45) is 0 Å². The zero-order valence-electron chi connectivity index (χ0n) is 17.5. The lowest BCUT2D eigenvalue weighted by molar-refractivity contribution is -0.140. The van der Waals surface area contributed by atoms with Crippen molar-refractivity contribution < 1.29 is 14.0 Å². The lowest BCUT2D eigenvalue weighted by Gasteiger charge is -2.31. The number of carbonyl (C=O) groups excluding carboxylic acids is 2. The standard InChI is InChI=1S/C25H23BrClFN2O2/c1-29-25(32)23(14-17-6-3-2-4-7-17)30(16-18-10-12-19(26)13-11-18)24(31)15-20-21(27)8-5-9-22(20)28/h2-13,23H,14-16H2,1H3,(H,29,32)/t23-/m0/s1. The summed E-state index contributed by atoms with van der Waals surface area (Å²) in [6, 6.07) is 20.5. The predicted octanol–water partition coefficient (Wildman–Crippen LogP) is 5.17. The molecule has 3 aromatic rings. The van der Waals surface area contributed by atoms with Crippen LogP contribution in [-0.2, 0) is 29.0 Å². The predicted molar refractivity (Wildman–Crippen MR) is 128 cm³/mol. The highest BCUT2D eigenvalue weighted by molar-refractivity contribution is 9.10. The van der Waals surface area contributed by atoms with Gasteiger partial charge >= 0.3 is 0 Å². The first-order valence-corrected chi connectivity index (χ1v) is 11.3. The number of carbonyl (C=O) groups is 2. The van der Waals surface area contributed by atoms with Gasteiger partial charge in [-0.1, -0.05) is 76.1 Å². The lowest BCUT2D eigenvalue weighted by atomic mass is 10.0. The van der Waals surface area contributed by atoms with Crippen molar-refractivity contribution in [2.45, 2.75) is 25.4 Å². The Morgan fingerprint density at radius 2 is 1.69 bits per heavy atom. The second-order valence-corrected chi connectivity index (χ2v) is 8.67. The second kappa shape index (κ2) is 11.2. The molecule has 0 aromatic heterocycles. The molecule has 0 fully saturated rings. The van der Waals surface area contributed by atoms with Crippen molar-refractivity contribution >= 4 is 39.3 Å². The van der Waals surface area contributed by atoms with Gasteiger partial charge in [-0.05, 0) is 35.4 Å². The molecular weight excluding hydrogens is 495 g/mol. The maximum atomic E-state index is 14.4. The van der Waals surface area contributed by atoms with Crippen molar-refractivity contribution in [1.29, 1.82) is 0 Å². The molecule has 0 bridgehead atoms. The zero-order valence-corrected chi connectivity index (χ0v) is 19.9. The molecule has 0 spiro atoms. The molecule has 32 heavy (non-hydrogen) atoms. The molecule has 0 saturated heterocycles. The minimum Gasteiger partial charge on any atom is -0.357 e. The summed E-state index contributed by atoms with van der Waals surface area (Å²) < 4.78 is 15.3. The van der Waals surface area contributed by atoms with E-state index in [9.17, 15) is 14.0 Å². The van der Waals surface area contributed by atoms with E-state index in [1.165, 1.54) is 24.1 Å². The minimum atomic E-state index is -0.774. The number of hydrogen-bond acceptors (Lipinski definition) is 2. The van der Waals surface area contributed by atoms with Crippen LogP contribution in [0.4, 0.5) is 4.39 Å². The van der Waals surface area contributed by atoms with Crippen LogP contribution < -0.4 is 5.32 Å². The Bertz CT molecular complexity index is 1060. The number of nitrogens with zero attached hydrogens (tertiary/aromatic N) is 1. The van der Waals surface area contributed by atoms with Gasteiger partial charge in [0, 0.05) is 35.1 Å². The minimum absolute atomic E-state index is 0.121. The fraction of sp³-hybridized carbons (Fsp3) is 0.200. The van der Waals surface area contributed by atoms with Gasteiger partial charge in [0.2, 0.25) is 11.8 Å². The van der Waals surface area contributed by atoms with Gasteiger partial charge in [0.05, 0.1) is 6.42 Å².